The van der Waals surface area contributed by atoms with Crippen molar-refractivity contribution in [2.75, 3.05) is 18.5 Å². The van der Waals surface area contributed by atoms with E-state index in [1.54, 1.807) is 5.01 Å². The van der Waals surface area contributed by atoms with Crippen LogP contribution in [-0.2, 0) is 0 Å². The highest BCUT2D eigenvalue weighted by Gasteiger charge is 2.30. The molecule has 1 atom stereocenters. The molecule has 9 heteroatoms. The first-order valence-electron chi connectivity index (χ1n) is 8.94. The van der Waals surface area contributed by atoms with Crippen LogP contribution in [0.15, 0.2) is 17.1 Å². The number of nitrogens with zero attached hydrogens (tertiary/aromatic N) is 2. The number of nitrogens with one attached hydrogen (secondary N) is 1. The number of fused-ring (bicyclic) bond motifs is 1. The standard InChI is InChI=1S/C18H20F2N4O3/c19-13-6-11-16(14(20)15(13)22-23-5-1-2-9(21)7-23)24(10-3-4-10)8-12(17(11)25)18(26)27/h6,8-10,22H,1-5,7,21H2,(H,26,27). The number of halogens is 2. The lowest BCUT2D eigenvalue weighted by Gasteiger charge is -2.32. The third-order valence-electron chi connectivity index (χ3n) is 5.11. The van der Waals surface area contributed by atoms with E-state index in [0.717, 1.165) is 37.9 Å². The summed E-state index contributed by atoms with van der Waals surface area (Å²) in [5.74, 6) is -3.26. The lowest BCUT2D eigenvalue weighted by atomic mass is 10.1. The average Bonchev–Trinajstić information content (AvgIpc) is 3.44. The maximum atomic E-state index is 15.3. The van der Waals surface area contributed by atoms with Gasteiger partial charge in [-0.2, -0.15) is 0 Å². The van der Waals surface area contributed by atoms with Gasteiger partial charge in [0.05, 0.1) is 10.9 Å². The van der Waals surface area contributed by atoms with Crippen LogP contribution >= 0.6 is 0 Å². The summed E-state index contributed by atoms with van der Waals surface area (Å²) in [4.78, 5) is 23.8. The highest BCUT2D eigenvalue weighted by Crippen LogP contribution is 2.39. The van der Waals surface area contributed by atoms with Crippen LogP contribution in [0.3, 0.4) is 0 Å². The van der Waals surface area contributed by atoms with Gasteiger partial charge in [-0.1, -0.05) is 0 Å². The lowest BCUT2D eigenvalue weighted by molar-refractivity contribution is 0.0695. The van der Waals surface area contributed by atoms with E-state index in [2.05, 4.69) is 5.43 Å². The summed E-state index contributed by atoms with van der Waals surface area (Å²) in [6.07, 6.45) is 4.31. The second-order valence-electron chi connectivity index (χ2n) is 7.22. The van der Waals surface area contributed by atoms with Crippen LogP contribution in [0.1, 0.15) is 42.1 Å². The summed E-state index contributed by atoms with van der Waals surface area (Å²) in [6.45, 7) is 1.04. The number of anilines is 1. The van der Waals surface area contributed by atoms with Crippen molar-refractivity contribution < 1.29 is 18.7 Å². The van der Waals surface area contributed by atoms with E-state index in [1.807, 2.05) is 0 Å². The molecule has 0 amide bonds. The van der Waals surface area contributed by atoms with Gasteiger partial charge >= 0.3 is 5.97 Å². The van der Waals surface area contributed by atoms with Crippen LogP contribution in [0.5, 0.6) is 0 Å². The quantitative estimate of drug-likeness (QED) is 0.753. The molecule has 1 unspecified atom stereocenters. The molecule has 2 aliphatic rings. The number of rotatable bonds is 4. The molecule has 144 valence electrons. The number of hydrogen-bond acceptors (Lipinski definition) is 5. The van der Waals surface area contributed by atoms with Crippen LogP contribution in [0, 0.1) is 11.6 Å². The van der Waals surface area contributed by atoms with Crippen molar-refractivity contribution in [1.82, 2.24) is 9.58 Å². The van der Waals surface area contributed by atoms with Crippen LogP contribution in [-0.4, -0.2) is 39.8 Å². The Morgan fingerprint density at radius 1 is 1.30 bits per heavy atom. The van der Waals surface area contributed by atoms with Gasteiger partial charge in [-0.05, 0) is 31.7 Å². The molecule has 1 aromatic heterocycles. The normalized spacial score (nSPS) is 20.8. The Morgan fingerprint density at radius 3 is 2.67 bits per heavy atom. The Labute approximate surface area is 153 Å². The number of aromatic carboxylic acids is 1. The van der Waals surface area contributed by atoms with E-state index in [-0.39, 0.29) is 28.7 Å². The molecule has 1 aliphatic carbocycles. The predicted octanol–water partition coefficient (Wildman–Crippen LogP) is 2.06. The summed E-state index contributed by atoms with van der Waals surface area (Å²) in [7, 11) is 0. The minimum Gasteiger partial charge on any atom is -0.477 e. The second-order valence-corrected chi connectivity index (χ2v) is 7.22. The van der Waals surface area contributed by atoms with Crippen molar-refractivity contribution in [3.8, 4) is 0 Å². The summed E-state index contributed by atoms with van der Waals surface area (Å²) in [5, 5.41) is 10.6. The third-order valence-corrected chi connectivity index (χ3v) is 5.11. The summed E-state index contributed by atoms with van der Waals surface area (Å²) < 4.78 is 31.4. The van der Waals surface area contributed by atoms with Crippen molar-refractivity contribution in [3.63, 3.8) is 0 Å². The Hall–Kier alpha value is -2.52. The van der Waals surface area contributed by atoms with Crippen LogP contribution < -0.4 is 16.6 Å². The monoisotopic (exact) mass is 378 g/mol. The SMILES string of the molecule is NC1CCCN(Nc2c(F)cc3c(=O)c(C(=O)O)cn(C4CC4)c3c2F)C1. The second kappa shape index (κ2) is 6.58. The van der Waals surface area contributed by atoms with E-state index in [9.17, 15) is 19.1 Å². The highest BCUT2D eigenvalue weighted by atomic mass is 19.1. The van der Waals surface area contributed by atoms with E-state index in [4.69, 9.17) is 5.73 Å². The third kappa shape index (κ3) is 3.17. The van der Waals surface area contributed by atoms with Gasteiger partial charge in [-0.3, -0.25) is 4.79 Å². The maximum absolute atomic E-state index is 15.3. The van der Waals surface area contributed by atoms with Crippen LogP contribution in [0.2, 0.25) is 0 Å². The van der Waals surface area contributed by atoms with E-state index in [1.165, 1.54) is 4.57 Å². The number of aromatic nitrogens is 1. The van der Waals surface area contributed by atoms with Gasteiger partial charge in [0.2, 0.25) is 5.43 Å². The fraction of sp³-hybridized carbons (Fsp3) is 0.444. The summed E-state index contributed by atoms with van der Waals surface area (Å²) >= 11 is 0. The molecule has 1 saturated carbocycles. The van der Waals surface area contributed by atoms with Gasteiger partial charge in [0, 0.05) is 31.4 Å². The van der Waals surface area contributed by atoms with E-state index >= 15 is 4.39 Å². The Morgan fingerprint density at radius 2 is 2.04 bits per heavy atom. The minimum absolute atomic E-state index is 0.0716. The topological polar surface area (TPSA) is 101 Å². The Bertz CT molecular complexity index is 987. The molecule has 2 fully saturated rings. The fourth-order valence-corrected chi connectivity index (χ4v) is 3.61. The van der Waals surface area contributed by atoms with Gasteiger partial charge in [0.25, 0.3) is 0 Å². The van der Waals surface area contributed by atoms with Crippen molar-refractivity contribution in [3.05, 3.63) is 39.7 Å². The molecule has 4 N–H and O–H groups in total. The molecule has 2 heterocycles. The number of carboxylic acids is 1. The molecular weight excluding hydrogens is 358 g/mol. The van der Waals surface area contributed by atoms with Gasteiger partial charge in [0.15, 0.2) is 11.6 Å². The average molecular weight is 378 g/mol. The molecule has 1 saturated heterocycles. The number of carbonyl (C=O) groups is 1. The summed E-state index contributed by atoms with van der Waals surface area (Å²) in [6, 6.07) is 0.737. The number of nitrogens with two attached hydrogens (primary N) is 1. The summed E-state index contributed by atoms with van der Waals surface area (Å²) in [5.41, 5.74) is 6.86. The number of pyridine rings is 1. The number of carboxylic acid groups (broad SMARTS) is 1. The van der Waals surface area contributed by atoms with Gasteiger partial charge in [-0.15, -0.1) is 0 Å². The zero-order valence-corrected chi connectivity index (χ0v) is 14.5. The molecule has 0 bridgehead atoms. The van der Waals surface area contributed by atoms with Gasteiger partial charge < -0.3 is 20.8 Å². The Balaban J connectivity index is 1.87. The zero-order valence-electron chi connectivity index (χ0n) is 14.5. The minimum atomic E-state index is -1.42. The highest BCUT2D eigenvalue weighted by molar-refractivity contribution is 5.93. The number of piperidine rings is 1. The van der Waals surface area contributed by atoms with Gasteiger partial charge in [0.1, 0.15) is 11.3 Å². The molecular formula is C18H20F2N4O3. The first-order valence-corrected chi connectivity index (χ1v) is 8.94. The molecule has 4 rings (SSSR count). The smallest absolute Gasteiger partial charge is 0.341 e. The fourth-order valence-electron chi connectivity index (χ4n) is 3.61. The number of hydrazine groups is 1. The van der Waals surface area contributed by atoms with Crippen LogP contribution in [0.25, 0.3) is 10.9 Å². The van der Waals surface area contributed by atoms with E-state index < -0.39 is 28.6 Å². The predicted molar refractivity (Wildman–Crippen MR) is 95.8 cm³/mol. The van der Waals surface area contributed by atoms with Crippen molar-refractivity contribution in [1.29, 1.82) is 0 Å². The van der Waals surface area contributed by atoms with Crippen molar-refractivity contribution in [2.24, 2.45) is 5.73 Å². The largest absolute Gasteiger partial charge is 0.477 e. The Kier molecular flexibility index (Phi) is 4.35. The van der Waals surface area contributed by atoms with E-state index in [0.29, 0.717) is 13.1 Å². The first kappa shape index (κ1) is 17.9. The number of hydrogen-bond donors (Lipinski definition) is 3. The molecule has 2 aromatic rings. The molecule has 1 aromatic carbocycles. The zero-order chi connectivity index (χ0) is 19.3. The van der Waals surface area contributed by atoms with Gasteiger partial charge in [-0.25, -0.2) is 18.6 Å². The van der Waals surface area contributed by atoms with Crippen LogP contribution in [0.4, 0.5) is 14.5 Å². The lowest BCUT2D eigenvalue weighted by Crippen LogP contribution is -2.45. The molecule has 1 aliphatic heterocycles. The van der Waals surface area contributed by atoms with Crippen molar-refractivity contribution in [2.45, 2.75) is 37.8 Å². The maximum Gasteiger partial charge on any atom is 0.341 e. The van der Waals surface area contributed by atoms with Crippen molar-refractivity contribution >= 4 is 22.6 Å². The molecule has 7 nitrogen and oxygen atoms in total. The molecule has 27 heavy (non-hydrogen) atoms. The number of benzene rings is 1. The molecule has 0 spiro atoms. The first-order chi connectivity index (χ1) is 12.9. The molecule has 0 radical (unpaired) electrons.